The first kappa shape index (κ1) is 44.4. The van der Waals surface area contributed by atoms with E-state index in [2.05, 4.69) is 117 Å². The first-order valence-electron chi connectivity index (χ1n) is 19.0. The zero-order valence-electron chi connectivity index (χ0n) is 33.5. The maximum atomic E-state index is 11.6. The number of hydrogen-bond donors (Lipinski definition) is 1. The van der Waals surface area contributed by atoms with E-state index < -0.39 is 23.6 Å². The van der Waals surface area contributed by atoms with Gasteiger partial charge in [0, 0.05) is 43.2 Å². The molecule has 4 aromatic rings. The number of aromatic nitrogens is 1. The van der Waals surface area contributed by atoms with E-state index in [1.165, 1.54) is 90.8 Å². The number of benzene rings is 3. The molecule has 1 fully saturated rings. The fourth-order valence-electron chi connectivity index (χ4n) is 8.39. The van der Waals surface area contributed by atoms with E-state index in [9.17, 15) is 18.0 Å². The Balaban J connectivity index is 0.000000502. The van der Waals surface area contributed by atoms with Crippen molar-refractivity contribution in [3.05, 3.63) is 88.7 Å². The van der Waals surface area contributed by atoms with Gasteiger partial charge < -0.3 is 5.11 Å². The summed E-state index contributed by atoms with van der Waals surface area (Å²) >= 11 is 0. The van der Waals surface area contributed by atoms with E-state index >= 15 is 0 Å². The summed E-state index contributed by atoms with van der Waals surface area (Å²) in [5, 5.41) is 12.2. The Morgan fingerprint density at radius 1 is 0.943 bits per heavy atom. The molecule has 291 valence electrons. The molecule has 1 radical (unpaired) electrons. The van der Waals surface area contributed by atoms with Gasteiger partial charge in [0.25, 0.3) is 0 Å². The van der Waals surface area contributed by atoms with Crippen LogP contribution in [-0.4, -0.2) is 22.1 Å². The molecule has 0 atom stereocenters. The van der Waals surface area contributed by atoms with Crippen molar-refractivity contribution in [2.45, 2.75) is 132 Å². The molecule has 0 unspecified atom stereocenters. The van der Waals surface area contributed by atoms with Crippen molar-refractivity contribution in [1.82, 2.24) is 4.98 Å². The summed E-state index contributed by atoms with van der Waals surface area (Å²) in [6.07, 6.45) is 3.33. The van der Waals surface area contributed by atoms with E-state index in [0.29, 0.717) is 11.3 Å². The van der Waals surface area contributed by atoms with Gasteiger partial charge in [0.1, 0.15) is 0 Å². The minimum atomic E-state index is -4.83. The molecule has 0 spiro atoms. The predicted molar refractivity (Wildman–Crippen MR) is 211 cm³/mol. The number of rotatable bonds is 8. The number of fused-ring (bicyclic) bond motifs is 2. The number of halogens is 3. The molecule has 0 aliphatic heterocycles. The summed E-state index contributed by atoms with van der Waals surface area (Å²) in [4.78, 5) is 16.0. The fraction of sp³-hybridized carbons (Fsp3) is 0.522. The van der Waals surface area contributed by atoms with E-state index in [1.807, 2.05) is 0 Å². The molecule has 3 nitrogen and oxygen atoms in total. The van der Waals surface area contributed by atoms with Gasteiger partial charge in [-0.15, -0.1) is 29.1 Å². The van der Waals surface area contributed by atoms with Crippen molar-refractivity contribution >= 4 is 27.5 Å². The second-order valence-corrected chi connectivity index (χ2v) is 17.5. The predicted octanol–water partition coefficient (Wildman–Crippen LogP) is 13.7. The van der Waals surface area contributed by atoms with Crippen LogP contribution in [0.5, 0.6) is 0 Å². The average molecular weight is 907 g/mol. The van der Waals surface area contributed by atoms with Crippen LogP contribution in [-0.2, 0) is 30.3 Å². The SMILES string of the molecule is CC(C)C(=O)/C=C(\O)C(F)(F)F.Cc1cc(C)c2c(C3CCC(CC(C)C)(CC(C)C)CC3)cc(-c3[c-]c4ccccc4c(C(C)(C)C)c3)nc2c1.[Ir]. The van der Waals surface area contributed by atoms with Gasteiger partial charge in [-0.2, -0.15) is 13.2 Å². The third-order valence-electron chi connectivity index (χ3n) is 10.4. The zero-order valence-corrected chi connectivity index (χ0v) is 35.9. The van der Waals surface area contributed by atoms with Crippen LogP contribution in [0, 0.1) is 43.1 Å². The number of carbonyl (C=O) groups excluding carboxylic acids is 1. The van der Waals surface area contributed by atoms with Crippen molar-refractivity contribution in [3.8, 4) is 11.3 Å². The van der Waals surface area contributed by atoms with Crippen LogP contribution in [0.4, 0.5) is 13.2 Å². The molecule has 1 N–H and O–H groups in total. The van der Waals surface area contributed by atoms with E-state index in [-0.39, 0.29) is 31.6 Å². The largest absolute Gasteiger partial charge is 0.504 e. The smallest absolute Gasteiger partial charge is 0.448 e. The van der Waals surface area contributed by atoms with Crippen LogP contribution in [0.25, 0.3) is 32.9 Å². The van der Waals surface area contributed by atoms with Crippen LogP contribution in [0.2, 0.25) is 0 Å². The molecule has 1 aromatic heterocycles. The number of carbonyl (C=O) groups is 1. The van der Waals surface area contributed by atoms with E-state index in [0.717, 1.165) is 28.6 Å². The van der Waals surface area contributed by atoms with Crippen molar-refractivity contribution in [2.24, 2.45) is 23.2 Å². The summed E-state index contributed by atoms with van der Waals surface area (Å²) in [7, 11) is 0. The minimum absolute atomic E-state index is 0. The first-order valence-corrected chi connectivity index (χ1v) is 19.0. The number of aliphatic hydroxyl groups excluding tert-OH is 1. The number of aliphatic hydroxyl groups is 1. The van der Waals surface area contributed by atoms with Gasteiger partial charge >= 0.3 is 6.18 Å². The Bertz CT molecular complexity index is 1900. The van der Waals surface area contributed by atoms with Crippen LogP contribution in [0.3, 0.4) is 0 Å². The standard InChI is InChI=1S/C39H50N.C7H9F3O2.Ir/c1-25(2)23-39(24-26(3)4)16-14-29(15-17-39)33-22-35(40-36-19-27(5)18-28(6)37(33)36)31-20-30-12-10-11-13-32(30)34(21-31)38(7,8)9;1-4(2)5(11)3-6(12)7(8,9)10;/h10-13,18-19,21-22,25-26,29H,14-17,23-24H2,1-9H3;3-4,12H,1-2H3;/q-1;;/b;6-3-;. The molecular formula is C46H59F3IrNO2-. The van der Waals surface area contributed by atoms with Gasteiger partial charge in [0.15, 0.2) is 5.78 Å². The Hall–Kier alpha value is -3.02. The third kappa shape index (κ3) is 11.3. The van der Waals surface area contributed by atoms with Gasteiger partial charge in [-0.25, -0.2) is 0 Å². The number of ketones is 1. The van der Waals surface area contributed by atoms with Crippen molar-refractivity contribution in [1.29, 1.82) is 0 Å². The molecule has 5 rings (SSSR count). The number of alkyl halides is 3. The molecule has 0 bridgehead atoms. The van der Waals surface area contributed by atoms with Crippen molar-refractivity contribution in [3.63, 3.8) is 0 Å². The Morgan fingerprint density at radius 2 is 1.53 bits per heavy atom. The fourth-order valence-corrected chi connectivity index (χ4v) is 8.39. The zero-order chi connectivity index (χ0) is 38.8. The van der Waals surface area contributed by atoms with Crippen LogP contribution < -0.4 is 0 Å². The maximum Gasteiger partial charge on any atom is 0.448 e. The number of pyridine rings is 1. The van der Waals surface area contributed by atoms with E-state index in [4.69, 9.17) is 10.1 Å². The molecular weight excluding hydrogens is 848 g/mol. The minimum Gasteiger partial charge on any atom is -0.504 e. The van der Waals surface area contributed by atoms with Gasteiger partial charge in [-0.1, -0.05) is 104 Å². The Labute approximate surface area is 329 Å². The average Bonchev–Trinajstić information content (AvgIpc) is 3.02. The van der Waals surface area contributed by atoms with Crippen LogP contribution in [0.15, 0.2) is 60.4 Å². The molecule has 53 heavy (non-hydrogen) atoms. The molecule has 3 aromatic carbocycles. The Kier molecular flexibility index (Phi) is 14.8. The summed E-state index contributed by atoms with van der Waals surface area (Å²) < 4.78 is 34.8. The first-order chi connectivity index (χ1) is 24.1. The molecule has 0 saturated heterocycles. The maximum absolute atomic E-state index is 11.6. The third-order valence-corrected chi connectivity index (χ3v) is 10.4. The molecule has 1 aliphatic rings. The molecule has 1 saturated carbocycles. The molecule has 0 amide bonds. The second kappa shape index (κ2) is 17.6. The summed E-state index contributed by atoms with van der Waals surface area (Å²) in [6, 6.07) is 21.9. The van der Waals surface area contributed by atoms with E-state index in [1.54, 1.807) is 0 Å². The van der Waals surface area contributed by atoms with Crippen molar-refractivity contribution in [2.75, 3.05) is 0 Å². The van der Waals surface area contributed by atoms with Gasteiger partial charge in [0.2, 0.25) is 5.76 Å². The normalized spacial score (nSPS) is 15.5. The summed E-state index contributed by atoms with van der Waals surface area (Å²) in [6.45, 7) is 24.0. The number of allylic oxidation sites excluding steroid dienone is 2. The number of hydrogen-bond acceptors (Lipinski definition) is 3. The number of nitrogens with zero attached hydrogens (tertiary/aromatic N) is 1. The molecule has 1 heterocycles. The van der Waals surface area contributed by atoms with Gasteiger partial charge in [0.05, 0.1) is 5.52 Å². The van der Waals surface area contributed by atoms with Crippen LogP contribution in [0.1, 0.15) is 129 Å². The molecule has 7 heteroatoms. The topological polar surface area (TPSA) is 50.2 Å². The number of aryl methyl sites for hydroxylation is 2. The summed E-state index contributed by atoms with van der Waals surface area (Å²) in [5.41, 5.74) is 9.41. The molecule has 1 aliphatic carbocycles. The van der Waals surface area contributed by atoms with Gasteiger partial charge in [-0.05, 0) is 104 Å². The quantitative estimate of drug-likeness (QED) is 0.109. The second-order valence-electron chi connectivity index (χ2n) is 17.5. The van der Waals surface area contributed by atoms with Crippen molar-refractivity contribution < 1.29 is 43.2 Å². The summed E-state index contributed by atoms with van der Waals surface area (Å²) in [5.74, 6) is -1.04. The van der Waals surface area contributed by atoms with Gasteiger partial charge in [-0.3, -0.25) is 9.78 Å². The van der Waals surface area contributed by atoms with Crippen LogP contribution >= 0.6 is 0 Å². The monoisotopic (exact) mass is 907 g/mol. The Morgan fingerprint density at radius 3 is 2.06 bits per heavy atom.